The summed E-state index contributed by atoms with van der Waals surface area (Å²) in [4.78, 5) is 0. The molecule has 5 heteroatoms. The van der Waals surface area contributed by atoms with E-state index in [1.165, 1.54) is 12.1 Å². The standard InChI is InChI=1S/C14H8BrFN2O/c15-12-7-6-10(16)8-11(12)14-18-17-13(19-14)9-4-2-1-3-5-9/h1-8H. The molecule has 0 unspecified atom stereocenters. The number of nitrogens with zero attached hydrogens (tertiary/aromatic N) is 2. The molecule has 1 aromatic heterocycles. The van der Waals surface area contributed by atoms with Crippen molar-refractivity contribution in [1.29, 1.82) is 0 Å². The van der Waals surface area contributed by atoms with Gasteiger partial charge >= 0.3 is 0 Å². The summed E-state index contributed by atoms with van der Waals surface area (Å²) in [6.07, 6.45) is 0. The van der Waals surface area contributed by atoms with E-state index < -0.39 is 0 Å². The van der Waals surface area contributed by atoms with Gasteiger partial charge in [-0.25, -0.2) is 4.39 Å². The molecule has 0 spiro atoms. The van der Waals surface area contributed by atoms with Crippen LogP contribution in [0.1, 0.15) is 0 Å². The van der Waals surface area contributed by atoms with Crippen molar-refractivity contribution in [1.82, 2.24) is 10.2 Å². The molecule has 0 bridgehead atoms. The molecular formula is C14H8BrFN2O. The number of hydrogen-bond donors (Lipinski definition) is 0. The predicted octanol–water partition coefficient (Wildman–Crippen LogP) is 4.31. The molecule has 0 amide bonds. The Morgan fingerprint density at radius 1 is 0.947 bits per heavy atom. The summed E-state index contributed by atoms with van der Waals surface area (Å²) in [6, 6.07) is 13.7. The summed E-state index contributed by atoms with van der Waals surface area (Å²) >= 11 is 3.34. The van der Waals surface area contributed by atoms with Crippen molar-refractivity contribution in [2.24, 2.45) is 0 Å². The summed E-state index contributed by atoms with van der Waals surface area (Å²) in [6.45, 7) is 0. The first-order chi connectivity index (χ1) is 9.24. The van der Waals surface area contributed by atoms with Gasteiger partial charge < -0.3 is 4.42 Å². The first-order valence-electron chi connectivity index (χ1n) is 5.58. The first-order valence-corrected chi connectivity index (χ1v) is 6.38. The lowest BCUT2D eigenvalue weighted by molar-refractivity contribution is 0.581. The van der Waals surface area contributed by atoms with Crippen LogP contribution in [0, 0.1) is 5.82 Å². The zero-order chi connectivity index (χ0) is 13.2. The van der Waals surface area contributed by atoms with Crippen LogP contribution in [0.5, 0.6) is 0 Å². The first kappa shape index (κ1) is 12.0. The molecule has 0 saturated carbocycles. The van der Waals surface area contributed by atoms with Crippen LogP contribution >= 0.6 is 15.9 Å². The lowest BCUT2D eigenvalue weighted by Crippen LogP contribution is -1.82. The van der Waals surface area contributed by atoms with E-state index in [9.17, 15) is 4.39 Å². The highest BCUT2D eigenvalue weighted by Crippen LogP contribution is 2.29. The van der Waals surface area contributed by atoms with Gasteiger partial charge in [-0.2, -0.15) is 0 Å². The fourth-order valence-corrected chi connectivity index (χ4v) is 2.11. The second kappa shape index (κ2) is 4.93. The third-order valence-electron chi connectivity index (χ3n) is 2.60. The minimum atomic E-state index is -0.349. The average molecular weight is 319 g/mol. The third kappa shape index (κ3) is 2.42. The minimum absolute atomic E-state index is 0.283. The van der Waals surface area contributed by atoms with Gasteiger partial charge in [0.1, 0.15) is 5.82 Å². The van der Waals surface area contributed by atoms with Gasteiger partial charge in [0.25, 0.3) is 0 Å². The second-order valence-electron chi connectivity index (χ2n) is 3.90. The van der Waals surface area contributed by atoms with Gasteiger partial charge in [0.15, 0.2) is 0 Å². The van der Waals surface area contributed by atoms with Crippen molar-refractivity contribution in [2.45, 2.75) is 0 Å². The van der Waals surface area contributed by atoms with Crippen molar-refractivity contribution in [2.75, 3.05) is 0 Å². The molecule has 0 aliphatic heterocycles. The highest BCUT2D eigenvalue weighted by atomic mass is 79.9. The topological polar surface area (TPSA) is 38.9 Å². The molecule has 3 nitrogen and oxygen atoms in total. The number of benzene rings is 2. The maximum atomic E-state index is 13.3. The van der Waals surface area contributed by atoms with Gasteiger partial charge in [-0.15, -0.1) is 10.2 Å². The molecule has 3 rings (SSSR count). The van der Waals surface area contributed by atoms with Crippen LogP contribution in [-0.4, -0.2) is 10.2 Å². The van der Waals surface area contributed by atoms with Crippen LogP contribution in [0.25, 0.3) is 22.9 Å². The van der Waals surface area contributed by atoms with Crippen molar-refractivity contribution in [3.05, 3.63) is 58.8 Å². The lowest BCUT2D eigenvalue weighted by Gasteiger charge is -1.98. The Bertz CT molecular complexity index is 712. The summed E-state index contributed by atoms with van der Waals surface area (Å²) < 4.78 is 19.5. The molecule has 94 valence electrons. The Balaban J connectivity index is 2.04. The normalized spacial score (nSPS) is 10.6. The van der Waals surface area contributed by atoms with Crippen LogP contribution in [0.2, 0.25) is 0 Å². The van der Waals surface area contributed by atoms with Crippen LogP contribution in [0.15, 0.2) is 57.4 Å². The van der Waals surface area contributed by atoms with E-state index in [0.717, 1.165) is 5.56 Å². The van der Waals surface area contributed by atoms with Crippen molar-refractivity contribution in [3.8, 4) is 22.9 Å². The largest absolute Gasteiger partial charge is 0.416 e. The van der Waals surface area contributed by atoms with Gasteiger partial charge in [0.2, 0.25) is 11.8 Å². The molecule has 0 atom stereocenters. The highest BCUT2D eigenvalue weighted by molar-refractivity contribution is 9.10. The molecule has 0 saturated heterocycles. The monoisotopic (exact) mass is 318 g/mol. The number of rotatable bonds is 2. The van der Waals surface area contributed by atoms with E-state index >= 15 is 0 Å². The summed E-state index contributed by atoms with van der Waals surface area (Å²) in [7, 11) is 0. The van der Waals surface area contributed by atoms with Gasteiger partial charge in [0.05, 0.1) is 5.56 Å². The quantitative estimate of drug-likeness (QED) is 0.707. The van der Waals surface area contributed by atoms with E-state index in [1.54, 1.807) is 6.07 Å². The van der Waals surface area contributed by atoms with Crippen LogP contribution in [0.3, 0.4) is 0 Å². The molecule has 0 radical (unpaired) electrons. The second-order valence-corrected chi connectivity index (χ2v) is 4.76. The fraction of sp³-hybridized carbons (Fsp3) is 0. The van der Waals surface area contributed by atoms with Gasteiger partial charge in [0, 0.05) is 10.0 Å². The van der Waals surface area contributed by atoms with E-state index in [4.69, 9.17) is 4.42 Å². The summed E-state index contributed by atoms with van der Waals surface area (Å²) in [5, 5.41) is 7.93. The zero-order valence-corrected chi connectivity index (χ0v) is 11.3. The van der Waals surface area contributed by atoms with Crippen LogP contribution in [-0.2, 0) is 0 Å². The highest BCUT2D eigenvalue weighted by Gasteiger charge is 2.13. The lowest BCUT2D eigenvalue weighted by atomic mass is 10.2. The summed E-state index contributed by atoms with van der Waals surface area (Å²) in [5.41, 5.74) is 1.36. The molecule has 3 aromatic rings. The Morgan fingerprint density at radius 2 is 1.68 bits per heavy atom. The van der Waals surface area contributed by atoms with E-state index in [0.29, 0.717) is 15.9 Å². The Hall–Kier alpha value is -2.01. The number of halogens is 2. The zero-order valence-electron chi connectivity index (χ0n) is 9.68. The minimum Gasteiger partial charge on any atom is -0.416 e. The van der Waals surface area contributed by atoms with Crippen LogP contribution in [0.4, 0.5) is 4.39 Å². The average Bonchev–Trinajstić information content (AvgIpc) is 2.92. The molecule has 2 aromatic carbocycles. The molecule has 0 fully saturated rings. The SMILES string of the molecule is Fc1ccc(Br)c(-c2nnc(-c3ccccc3)o2)c1. The Morgan fingerprint density at radius 3 is 2.47 bits per heavy atom. The van der Waals surface area contributed by atoms with Gasteiger partial charge in [-0.3, -0.25) is 0 Å². The van der Waals surface area contributed by atoms with E-state index in [2.05, 4.69) is 26.1 Å². The Labute approximate surface area is 117 Å². The molecule has 1 heterocycles. The van der Waals surface area contributed by atoms with E-state index in [-0.39, 0.29) is 11.7 Å². The van der Waals surface area contributed by atoms with Crippen LogP contribution < -0.4 is 0 Å². The third-order valence-corrected chi connectivity index (χ3v) is 3.30. The van der Waals surface area contributed by atoms with Crippen molar-refractivity contribution >= 4 is 15.9 Å². The molecular weight excluding hydrogens is 311 g/mol. The van der Waals surface area contributed by atoms with Crippen molar-refractivity contribution in [3.63, 3.8) is 0 Å². The smallest absolute Gasteiger partial charge is 0.249 e. The predicted molar refractivity (Wildman–Crippen MR) is 72.8 cm³/mol. The molecule has 0 aliphatic carbocycles. The molecule has 0 N–H and O–H groups in total. The maximum absolute atomic E-state index is 13.3. The number of hydrogen-bond acceptors (Lipinski definition) is 3. The van der Waals surface area contributed by atoms with Crippen molar-refractivity contribution < 1.29 is 8.81 Å². The van der Waals surface area contributed by atoms with Gasteiger partial charge in [-0.1, -0.05) is 18.2 Å². The fourth-order valence-electron chi connectivity index (χ4n) is 1.69. The number of aromatic nitrogens is 2. The van der Waals surface area contributed by atoms with Gasteiger partial charge in [-0.05, 0) is 46.3 Å². The molecule has 19 heavy (non-hydrogen) atoms. The maximum Gasteiger partial charge on any atom is 0.249 e. The summed E-state index contributed by atoms with van der Waals surface area (Å²) in [5.74, 6) is 0.342. The molecule has 0 aliphatic rings. The Kier molecular flexibility index (Phi) is 3.13. The van der Waals surface area contributed by atoms with E-state index in [1.807, 2.05) is 30.3 Å².